The molecule has 1 aliphatic heterocycles. The first-order valence-corrected chi connectivity index (χ1v) is 6.70. The van der Waals surface area contributed by atoms with Crippen LogP contribution >= 0.6 is 0 Å². The van der Waals surface area contributed by atoms with Crippen molar-refractivity contribution >= 4 is 5.69 Å². The first-order valence-electron chi connectivity index (χ1n) is 6.70. The van der Waals surface area contributed by atoms with Crippen molar-refractivity contribution in [2.75, 3.05) is 32.1 Å². The van der Waals surface area contributed by atoms with Gasteiger partial charge in [-0.1, -0.05) is 12.1 Å². The van der Waals surface area contributed by atoms with Crippen molar-refractivity contribution in [2.45, 2.75) is 12.8 Å². The van der Waals surface area contributed by atoms with Crippen molar-refractivity contribution in [1.82, 2.24) is 15.3 Å². The van der Waals surface area contributed by atoms with E-state index in [9.17, 15) is 0 Å². The Labute approximate surface area is 113 Å². The van der Waals surface area contributed by atoms with Crippen LogP contribution < -0.4 is 10.2 Å². The minimum atomic E-state index is 0.550. The number of aromatic nitrogens is 2. The summed E-state index contributed by atoms with van der Waals surface area (Å²) in [4.78, 5) is 10.3. The van der Waals surface area contributed by atoms with Gasteiger partial charge in [0.15, 0.2) is 0 Å². The molecule has 1 saturated heterocycles. The molecule has 1 fully saturated rings. The first kappa shape index (κ1) is 12.2. The summed E-state index contributed by atoms with van der Waals surface area (Å²) < 4.78 is 0. The monoisotopic (exact) mass is 256 g/mol. The van der Waals surface area contributed by atoms with Crippen molar-refractivity contribution in [2.24, 2.45) is 0 Å². The molecule has 2 heterocycles. The van der Waals surface area contributed by atoms with Gasteiger partial charge >= 0.3 is 0 Å². The van der Waals surface area contributed by atoms with Gasteiger partial charge in [-0.05, 0) is 19.1 Å². The average Bonchev–Trinajstić information content (AvgIpc) is 2.69. The second-order valence-electron chi connectivity index (χ2n) is 5.39. The number of imidazole rings is 1. The fourth-order valence-corrected chi connectivity index (χ4v) is 2.36. The third-order valence-corrected chi connectivity index (χ3v) is 3.73. The molecule has 0 aliphatic carbocycles. The van der Waals surface area contributed by atoms with E-state index in [1.807, 2.05) is 0 Å². The molecule has 100 valence electrons. The lowest BCUT2D eigenvalue weighted by molar-refractivity contribution is 0.432. The Morgan fingerprint density at radius 3 is 2.37 bits per heavy atom. The van der Waals surface area contributed by atoms with E-state index in [1.165, 1.54) is 11.3 Å². The molecule has 1 aliphatic rings. The lowest BCUT2D eigenvalue weighted by atomic mass is 10.0. The normalized spacial score (nSPS) is 15.3. The molecule has 0 bridgehead atoms. The van der Waals surface area contributed by atoms with Gasteiger partial charge in [0.25, 0.3) is 0 Å². The molecule has 4 nitrogen and oxygen atoms in total. The number of aryl methyl sites for hydroxylation is 1. The highest BCUT2D eigenvalue weighted by molar-refractivity contribution is 5.65. The van der Waals surface area contributed by atoms with E-state index >= 15 is 0 Å². The van der Waals surface area contributed by atoms with Crippen molar-refractivity contribution in [1.29, 1.82) is 0 Å². The van der Waals surface area contributed by atoms with Crippen molar-refractivity contribution in [3.05, 3.63) is 35.8 Å². The van der Waals surface area contributed by atoms with E-state index in [4.69, 9.17) is 4.98 Å². The number of anilines is 1. The highest BCUT2D eigenvalue weighted by atomic mass is 15.1. The average molecular weight is 256 g/mol. The third kappa shape index (κ3) is 2.24. The molecule has 1 aromatic heterocycles. The fourth-order valence-electron chi connectivity index (χ4n) is 2.36. The molecule has 0 amide bonds. The zero-order valence-electron chi connectivity index (χ0n) is 11.7. The minimum Gasteiger partial charge on any atom is -0.378 e. The van der Waals surface area contributed by atoms with E-state index < -0.39 is 0 Å². The Bertz CT molecular complexity index is 564. The van der Waals surface area contributed by atoms with Gasteiger partial charge in [0.2, 0.25) is 0 Å². The smallest absolute Gasteiger partial charge is 0.112 e. The van der Waals surface area contributed by atoms with E-state index in [0.29, 0.717) is 5.92 Å². The van der Waals surface area contributed by atoms with Gasteiger partial charge in [0.05, 0.1) is 5.69 Å². The molecule has 19 heavy (non-hydrogen) atoms. The second-order valence-corrected chi connectivity index (χ2v) is 5.39. The maximum absolute atomic E-state index is 4.77. The van der Waals surface area contributed by atoms with Gasteiger partial charge in [-0.15, -0.1) is 0 Å². The second kappa shape index (κ2) is 4.70. The Kier molecular flexibility index (Phi) is 3.03. The quantitative estimate of drug-likeness (QED) is 0.884. The van der Waals surface area contributed by atoms with Gasteiger partial charge in [0.1, 0.15) is 5.82 Å². The largest absolute Gasteiger partial charge is 0.378 e. The predicted molar refractivity (Wildman–Crippen MR) is 78.7 cm³/mol. The van der Waals surface area contributed by atoms with Crippen molar-refractivity contribution in [3.8, 4) is 11.3 Å². The number of H-pyrrole nitrogens is 1. The van der Waals surface area contributed by atoms with E-state index in [-0.39, 0.29) is 0 Å². The van der Waals surface area contributed by atoms with E-state index in [2.05, 4.69) is 60.5 Å². The van der Waals surface area contributed by atoms with Crippen LogP contribution in [0.4, 0.5) is 5.69 Å². The number of nitrogens with one attached hydrogen (secondary N) is 2. The molecule has 0 radical (unpaired) electrons. The Morgan fingerprint density at radius 2 is 1.84 bits per heavy atom. The molecule has 0 spiro atoms. The Balaban J connectivity index is 1.90. The SMILES string of the molecule is Cc1[nH]c(C2CNC2)nc1-c1ccc(N(C)C)cc1. The van der Waals surface area contributed by atoms with Crippen LogP contribution in [0, 0.1) is 6.92 Å². The minimum absolute atomic E-state index is 0.550. The maximum Gasteiger partial charge on any atom is 0.112 e. The molecule has 2 N–H and O–H groups in total. The van der Waals surface area contributed by atoms with Crippen LogP contribution in [0.2, 0.25) is 0 Å². The number of aromatic amines is 1. The molecule has 0 saturated carbocycles. The molecular weight excluding hydrogens is 236 g/mol. The zero-order chi connectivity index (χ0) is 13.4. The van der Waals surface area contributed by atoms with Crippen LogP contribution in [0.15, 0.2) is 24.3 Å². The highest BCUT2D eigenvalue weighted by Crippen LogP contribution is 2.26. The van der Waals surface area contributed by atoms with E-state index in [1.54, 1.807) is 0 Å². The Hall–Kier alpha value is -1.81. The number of hydrogen-bond acceptors (Lipinski definition) is 3. The highest BCUT2D eigenvalue weighted by Gasteiger charge is 2.23. The topological polar surface area (TPSA) is 44.0 Å². The lowest BCUT2D eigenvalue weighted by Gasteiger charge is -2.24. The number of nitrogens with zero attached hydrogens (tertiary/aromatic N) is 2. The summed E-state index contributed by atoms with van der Waals surface area (Å²) in [5.41, 5.74) is 4.62. The molecule has 0 atom stereocenters. The predicted octanol–water partition coefficient (Wildman–Crippen LogP) is 2.14. The third-order valence-electron chi connectivity index (χ3n) is 3.73. The molecule has 0 unspecified atom stereocenters. The van der Waals surface area contributed by atoms with Crippen LogP contribution in [0.3, 0.4) is 0 Å². The number of benzene rings is 1. The van der Waals surface area contributed by atoms with Gasteiger partial charge < -0.3 is 15.2 Å². The number of rotatable bonds is 3. The molecule has 3 rings (SSSR count). The van der Waals surface area contributed by atoms with Gasteiger partial charge in [-0.2, -0.15) is 0 Å². The standard InChI is InChI=1S/C15H20N4/c1-10-14(18-15(17-10)12-8-16-9-12)11-4-6-13(7-5-11)19(2)3/h4-7,12,16H,8-9H2,1-3H3,(H,17,18). The van der Waals surface area contributed by atoms with Gasteiger partial charge in [-0.25, -0.2) is 4.98 Å². The molecule has 4 heteroatoms. The number of hydrogen-bond donors (Lipinski definition) is 2. The first-order chi connectivity index (χ1) is 9.15. The van der Waals surface area contributed by atoms with Gasteiger partial charge in [-0.3, -0.25) is 0 Å². The maximum atomic E-state index is 4.77. The zero-order valence-corrected chi connectivity index (χ0v) is 11.7. The van der Waals surface area contributed by atoms with Crippen molar-refractivity contribution < 1.29 is 0 Å². The van der Waals surface area contributed by atoms with Crippen LogP contribution in [0.5, 0.6) is 0 Å². The summed E-state index contributed by atoms with van der Waals surface area (Å²) in [6.45, 7) is 4.16. The van der Waals surface area contributed by atoms with Crippen LogP contribution in [-0.4, -0.2) is 37.2 Å². The van der Waals surface area contributed by atoms with Crippen LogP contribution in [0.1, 0.15) is 17.4 Å². The summed E-state index contributed by atoms with van der Waals surface area (Å²) in [6.07, 6.45) is 0. The van der Waals surface area contributed by atoms with Crippen LogP contribution in [-0.2, 0) is 0 Å². The fraction of sp³-hybridized carbons (Fsp3) is 0.400. The molecule has 1 aromatic carbocycles. The summed E-state index contributed by atoms with van der Waals surface area (Å²) >= 11 is 0. The van der Waals surface area contributed by atoms with Crippen molar-refractivity contribution in [3.63, 3.8) is 0 Å². The van der Waals surface area contributed by atoms with Gasteiger partial charge in [0, 0.05) is 50.0 Å². The summed E-state index contributed by atoms with van der Waals surface area (Å²) in [7, 11) is 4.10. The van der Waals surface area contributed by atoms with Crippen LogP contribution in [0.25, 0.3) is 11.3 Å². The Morgan fingerprint density at radius 1 is 1.16 bits per heavy atom. The summed E-state index contributed by atoms with van der Waals surface area (Å²) in [5.74, 6) is 1.66. The molecule has 2 aromatic rings. The summed E-state index contributed by atoms with van der Waals surface area (Å²) in [5, 5.41) is 3.28. The molecular formula is C15H20N4. The lowest BCUT2D eigenvalue weighted by Crippen LogP contribution is -2.40. The van der Waals surface area contributed by atoms with E-state index in [0.717, 1.165) is 30.3 Å². The summed E-state index contributed by atoms with van der Waals surface area (Å²) in [6, 6.07) is 8.55.